The topological polar surface area (TPSA) is 40.7 Å². The van der Waals surface area contributed by atoms with Crippen LogP contribution in [0.25, 0.3) is 0 Å². The Morgan fingerprint density at radius 2 is 0.818 bits per heavy atom. The van der Waals surface area contributed by atoms with Gasteiger partial charge in [0.2, 0.25) is 0 Å². The van der Waals surface area contributed by atoms with Crippen LogP contribution < -0.4 is 0 Å². The van der Waals surface area contributed by atoms with E-state index in [0.29, 0.717) is 0 Å². The summed E-state index contributed by atoms with van der Waals surface area (Å²) < 4.78 is 11.7. The SMILES string of the molecule is O.[Br][Sn]([CH2]c1ccccc1)([CH2]c1ccccc1)[O][Sn]([CH2]c1ccccc1)[CH2]c1ccccc1. The van der Waals surface area contributed by atoms with Gasteiger partial charge in [0.25, 0.3) is 0 Å². The van der Waals surface area contributed by atoms with Crippen molar-refractivity contribution in [3.05, 3.63) is 144 Å². The Balaban J connectivity index is 0.00000306. The molecule has 2 nitrogen and oxygen atoms in total. The number of hydrogen-bond donors (Lipinski definition) is 0. The monoisotopic (exact) mass is 717 g/mol. The summed E-state index contributed by atoms with van der Waals surface area (Å²) in [6.07, 6.45) is 0. The number of benzene rings is 4. The molecular formula is C28H30BrO2Sn2. The molecule has 4 aromatic rings. The molecule has 0 aliphatic rings. The maximum atomic E-state index is 7.38. The van der Waals surface area contributed by atoms with Gasteiger partial charge in [0.1, 0.15) is 0 Å². The number of hydrogen-bond acceptors (Lipinski definition) is 1. The zero-order valence-electron chi connectivity index (χ0n) is 18.7. The zero-order chi connectivity index (χ0) is 22.1. The molecule has 0 heterocycles. The van der Waals surface area contributed by atoms with Gasteiger partial charge in [-0.2, -0.15) is 0 Å². The van der Waals surface area contributed by atoms with Crippen LogP contribution in [0, 0.1) is 0 Å². The van der Waals surface area contributed by atoms with Gasteiger partial charge in [-0.05, 0) is 0 Å². The summed E-state index contributed by atoms with van der Waals surface area (Å²) in [6.45, 7) is 0. The average molecular weight is 716 g/mol. The van der Waals surface area contributed by atoms with Gasteiger partial charge in [0.15, 0.2) is 0 Å². The predicted octanol–water partition coefficient (Wildman–Crippen LogP) is 6.13. The summed E-state index contributed by atoms with van der Waals surface area (Å²) in [7, 11) is 0. The third kappa shape index (κ3) is 8.87. The molecule has 4 rings (SSSR count). The molecule has 0 atom stereocenters. The molecule has 0 saturated carbocycles. The van der Waals surface area contributed by atoms with Gasteiger partial charge in [-0.15, -0.1) is 0 Å². The van der Waals surface area contributed by atoms with Crippen LogP contribution in [-0.4, -0.2) is 42.2 Å². The first-order valence-corrected chi connectivity index (χ1v) is 27.9. The molecule has 2 N–H and O–H groups in total. The first-order chi connectivity index (χ1) is 15.7. The van der Waals surface area contributed by atoms with Crippen LogP contribution in [-0.2, 0) is 19.2 Å². The summed E-state index contributed by atoms with van der Waals surface area (Å²) >= 11 is -1.05. The molecule has 0 spiro atoms. The van der Waals surface area contributed by atoms with E-state index in [0.717, 1.165) is 17.7 Å². The molecule has 0 saturated heterocycles. The molecule has 0 bridgehead atoms. The van der Waals surface area contributed by atoms with E-state index in [-0.39, 0.29) is 5.48 Å². The van der Waals surface area contributed by atoms with Crippen molar-refractivity contribution in [3.63, 3.8) is 0 Å². The van der Waals surface area contributed by atoms with Crippen molar-refractivity contribution in [2.45, 2.75) is 17.7 Å². The summed E-state index contributed by atoms with van der Waals surface area (Å²) in [4.78, 5) is 0. The van der Waals surface area contributed by atoms with Gasteiger partial charge < -0.3 is 5.48 Å². The van der Waals surface area contributed by atoms with Gasteiger partial charge in [-0.25, -0.2) is 0 Å². The second-order valence-corrected chi connectivity index (χ2v) is 34.5. The van der Waals surface area contributed by atoms with Crippen LogP contribution in [0.3, 0.4) is 0 Å². The first kappa shape index (κ1) is 26.5. The van der Waals surface area contributed by atoms with Crippen LogP contribution in [0.5, 0.6) is 0 Å². The third-order valence-corrected chi connectivity index (χ3v) is 40.8. The summed E-state index contributed by atoms with van der Waals surface area (Å²) in [6, 6.07) is 43.6. The quantitative estimate of drug-likeness (QED) is 0.182. The number of rotatable bonds is 10. The Hall–Kier alpha value is -1.12. The van der Waals surface area contributed by atoms with E-state index >= 15 is 0 Å². The fraction of sp³-hybridized carbons (Fsp3) is 0.143. The predicted molar refractivity (Wildman–Crippen MR) is 146 cm³/mol. The van der Waals surface area contributed by atoms with E-state index in [9.17, 15) is 0 Å². The molecule has 1 radical (unpaired) electrons. The van der Waals surface area contributed by atoms with E-state index in [1.807, 2.05) is 0 Å². The van der Waals surface area contributed by atoms with E-state index in [4.69, 9.17) is 1.41 Å². The molecule has 169 valence electrons. The summed E-state index contributed by atoms with van der Waals surface area (Å²) in [5, 5.41) is 0. The molecule has 0 amide bonds. The average Bonchev–Trinajstić information content (AvgIpc) is 2.81. The third-order valence-electron chi connectivity index (χ3n) is 5.44. The Labute approximate surface area is 215 Å². The molecule has 0 aliphatic carbocycles. The van der Waals surface area contributed by atoms with Crippen molar-refractivity contribution in [2.24, 2.45) is 0 Å². The molecular weight excluding hydrogens is 686 g/mol. The van der Waals surface area contributed by atoms with Crippen molar-refractivity contribution < 1.29 is 6.89 Å². The molecule has 0 unspecified atom stereocenters. The second-order valence-electron chi connectivity index (χ2n) is 8.17. The van der Waals surface area contributed by atoms with Crippen LogP contribution in [0.2, 0.25) is 0 Å². The van der Waals surface area contributed by atoms with Crippen molar-refractivity contribution in [2.75, 3.05) is 0 Å². The Morgan fingerprint density at radius 3 is 1.15 bits per heavy atom. The fourth-order valence-electron chi connectivity index (χ4n) is 3.98. The molecule has 4 aromatic carbocycles. The Morgan fingerprint density at radius 1 is 0.515 bits per heavy atom. The van der Waals surface area contributed by atoms with Gasteiger partial charge >= 0.3 is 212 Å². The molecule has 0 aliphatic heterocycles. The van der Waals surface area contributed by atoms with Gasteiger partial charge in [0.05, 0.1) is 0 Å². The van der Waals surface area contributed by atoms with Gasteiger partial charge in [-0.1, -0.05) is 0 Å². The molecule has 0 fully saturated rings. The van der Waals surface area contributed by atoms with Crippen LogP contribution in [0.4, 0.5) is 0 Å². The summed E-state index contributed by atoms with van der Waals surface area (Å²) in [5.41, 5.74) is 5.60. The van der Waals surface area contributed by atoms with Crippen LogP contribution in [0.1, 0.15) is 22.3 Å². The van der Waals surface area contributed by atoms with Gasteiger partial charge in [0, 0.05) is 0 Å². The molecule has 33 heavy (non-hydrogen) atoms. The first-order valence-electron chi connectivity index (χ1n) is 11.1. The standard InChI is InChI=1S/4C7H7.BrH.H2O.O.2Sn/c4*1-7-5-3-2-4-6-7;;;;;/h4*2-6H,1H2;1H;1H2;;;/q;;;;;;;;+1/p-1. The van der Waals surface area contributed by atoms with Crippen LogP contribution in [0.15, 0.2) is 121 Å². The minimum absolute atomic E-state index is 0. The Bertz CT molecular complexity index is 981. The maximum absolute atomic E-state index is 7.38. The number of halogens is 1. The van der Waals surface area contributed by atoms with Gasteiger partial charge in [-0.3, -0.25) is 0 Å². The van der Waals surface area contributed by atoms with Crippen molar-refractivity contribution in [1.82, 2.24) is 0 Å². The Kier molecular flexibility index (Phi) is 11.0. The normalized spacial score (nSPS) is 11.2. The zero-order valence-corrected chi connectivity index (χ0v) is 26.0. The van der Waals surface area contributed by atoms with Crippen molar-refractivity contribution >= 4 is 49.4 Å². The fourth-order valence-corrected chi connectivity index (χ4v) is 45.8. The van der Waals surface area contributed by atoms with E-state index < -0.39 is 36.7 Å². The summed E-state index contributed by atoms with van der Waals surface area (Å²) in [5.74, 6) is 0. The van der Waals surface area contributed by atoms with E-state index in [1.54, 1.807) is 0 Å². The second kappa shape index (κ2) is 13.7. The molecule has 0 aromatic heterocycles. The van der Waals surface area contributed by atoms with Crippen molar-refractivity contribution in [1.29, 1.82) is 0 Å². The van der Waals surface area contributed by atoms with E-state index in [1.165, 1.54) is 22.3 Å². The van der Waals surface area contributed by atoms with E-state index in [2.05, 4.69) is 134 Å². The van der Waals surface area contributed by atoms with Crippen LogP contribution >= 0.6 is 12.7 Å². The minimum atomic E-state index is -3.12. The molecule has 5 heteroatoms. The van der Waals surface area contributed by atoms with Crippen molar-refractivity contribution in [3.8, 4) is 0 Å².